The van der Waals surface area contributed by atoms with Crippen molar-refractivity contribution < 1.29 is 14.9 Å². The first-order valence-corrected chi connectivity index (χ1v) is 6.72. The van der Waals surface area contributed by atoms with Crippen LogP contribution in [-0.2, 0) is 4.74 Å². The first kappa shape index (κ1) is 12.7. The molecule has 0 bridgehead atoms. The summed E-state index contributed by atoms with van der Waals surface area (Å²) in [4.78, 5) is 0. The van der Waals surface area contributed by atoms with Gasteiger partial charge >= 0.3 is 0 Å². The molecule has 0 amide bonds. The SMILES string of the molecule is OCC1(COCC2CCCC2O)CC(S)C1. The maximum atomic E-state index is 9.65. The highest BCUT2D eigenvalue weighted by Crippen LogP contribution is 2.44. The van der Waals surface area contributed by atoms with Crippen molar-refractivity contribution in [3.8, 4) is 0 Å². The Morgan fingerprint density at radius 2 is 2.06 bits per heavy atom. The minimum absolute atomic E-state index is 0.0457. The molecule has 0 radical (unpaired) electrons. The molecule has 2 fully saturated rings. The van der Waals surface area contributed by atoms with E-state index in [4.69, 9.17) is 4.74 Å². The number of ether oxygens (including phenoxy) is 1. The molecule has 2 unspecified atom stereocenters. The Kier molecular flexibility index (Phi) is 4.16. The van der Waals surface area contributed by atoms with E-state index in [1.165, 1.54) is 0 Å². The zero-order valence-electron chi connectivity index (χ0n) is 9.64. The van der Waals surface area contributed by atoms with Crippen molar-refractivity contribution in [1.29, 1.82) is 0 Å². The van der Waals surface area contributed by atoms with E-state index in [0.717, 1.165) is 32.1 Å². The van der Waals surface area contributed by atoms with E-state index in [2.05, 4.69) is 12.6 Å². The van der Waals surface area contributed by atoms with Crippen molar-refractivity contribution in [2.45, 2.75) is 43.5 Å². The first-order valence-electron chi connectivity index (χ1n) is 6.20. The molecule has 94 valence electrons. The number of hydrogen-bond donors (Lipinski definition) is 3. The summed E-state index contributed by atoms with van der Waals surface area (Å²) in [6.07, 6.45) is 4.81. The van der Waals surface area contributed by atoms with Gasteiger partial charge in [-0.25, -0.2) is 0 Å². The maximum Gasteiger partial charge on any atom is 0.0590 e. The maximum absolute atomic E-state index is 9.65. The lowest BCUT2D eigenvalue weighted by Crippen LogP contribution is -2.45. The van der Waals surface area contributed by atoms with Crippen LogP contribution in [0, 0.1) is 11.3 Å². The summed E-state index contributed by atoms with van der Waals surface area (Å²) in [7, 11) is 0. The van der Waals surface area contributed by atoms with Gasteiger partial charge in [0, 0.05) is 16.6 Å². The van der Waals surface area contributed by atoms with Crippen LogP contribution >= 0.6 is 12.6 Å². The van der Waals surface area contributed by atoms with Crippen LogP contribution in [0.4, 0.5) is 0 Å². The summed E-state index contributed by atoms with van der Waals surface area (Å²) in [5.74, 6) is 0.308. The highest BCUT2D eigenvalue weighted by atomic mass is 32.1. The van der Waals surface area contributed by atoms with Crippen LogP contribution in [0.25, 0.3) is 0 Å². The molecular weight excluding hydrogens is 224 g/mol. The number of aliphatic hydroxyl groups is 2. The van der Waals surface area contributed by atoms with E-state index in [-0.39, 0.29) is 18.1 Å². The van der Waals surface area contributed by atoms with Gasteiger partial charge in [-0.05, 0) is 25.7 Å². The summed E-state index contributed by atoms with van der Waals surface area (Å²) in [6.45, 7) is 1.45. The van der Waals surface area contributed by atoms with E-state index in [1.807, 2.05) is 0 Å². The van der Waals surface area contributed by atoms with Crippen molar-refractivity contribution in [1.82, 2.24) is 0 Å². The fraction of sp³-hybridized carbons (Fsp3) is 1.00. The predicted molar refractivity (Wildman–Crippen MR) is 65.7 cm³/mol. The Labute approximate surface area is 103 Å². The van der Waals surface area contributed by atoms with Crippen molar-refractivity contribution in [2.75, 3.05) is 19.8 Å². The molecule has 0 aromatic rings. The molecule has 0 aliphatic heterocycles. The molecule has 2 rings (SSSR count). The number of rotatable bonds is 5. The summed E-state index contributed by atoms with van der Waals surface area (Å²) in [5, 5.41) is 19.4. The monoisotopic (exact) mass is 246 g/mol. The molecule has 0 spiro atoms. The second kappa shape index (κ2) is 5.25. The Bertz CT molecular complexity index is 228. The summed E-state index contributed by atoms with van der Waals surface area (Å²) < 4.78 is 5.68. The number of aliphatic hydroxyl groups excluding tert-OH is 2. The van der Waals surface area contributed by atoms with Gasteiger partial charge in [-0.2, -0.15) is 12.6 Å². The van der Waals surface area contributed by atoms with E-state index >= 15 is 0 Å². The zero-order chi connectivity index (χ0) is 11.6. The fourth-order valence-corrected chi connectivity index (χ4v) is 3.65. The lowest BCUT2D eigenvalue weighted by molar-refractivity contribution is -0.0553. The van der Waals surface area contributed by atoms with E-state index in [1.54, 1.807) is 0 Å². The van der Waals surface area contributed by atoms with Crippen LogP contribution in [0.2, 0.25) is 0 Å². The van der Waals surface area contributed by atoms with Crippen LogP contribution in [-0.4, -0.2) is 41.4 Å². The molecule has 4 heteroatoms. The average molecular weight is 246 g/mol. The molecule has 2 atom stereocenters. The second-order valence-electron chi connectivity index (χ2n) is 5.49. The standard InChI is InChI=1S/C12H22O3S/c13-7-12(4-10(16)5-12)8-15-6-9-2-1-3-11(9)14/h9-11,13-14,16H,1-8H2. The van der Waals surface area contributed by atoms with Crippen LogP contribution in [0.5, 0.6) is 0 Å². The van der Waals surface area contributed by atoms with E-state index < -0.39 is 0 Å². The van der Waals surface area contributed by atoms with Gasteiger partial charge in [-0.3, -0.25) is 0 Å². The Balaban J connectivity index is 1.67. The molecule has 0 aromatic carbocycles. The molecular formula is C12H22O3S. The topological polar surface area (TPSA) is 49.7 Å². The lowest BCUT2D eigenvalue weighted by Gasteiger charge is -2.44. The van der Waals surface area contributed by atoms with Crippen LogP contribution < -0.4 is 0 Å². The fourth-order valence-electron chi connectivity index (χ4n) is 2.87. The largest absolute Gasteiger partial charge is 0.396 e. The number of hydrogen-bond acceptors (Lipinski definition) is 4. The van der Waals surface area contributed by atoms with Gasteiger partial charge in [0.05, 0.1) is 25.9 Å². The predicted octanol–water partition coefficient (Wildman–Crippen LogP) is 1.23. The second-order valence-corrected chi connectivity index (χ2v) is 6.22. The Hall–Kier alpha value is 0.230. The highest BCUT2D eigenvalue weighted by Gasteiger charge is 2.42. The van der Waals surface area contributed by atoms with Gasteiger partial charge in [0.15, 0.2) is 0 Å². The molecule has 2 aliphatic carbocycles. The third-order valence-corrected chi connectivity index (χ3v) is 4.40. The minimum atomic E-state index is -0.177. The van der Waals surface area contributed by atoms with Gasteiger partial charge in [0.25, 0.3) is 0 Å². The first-order chi connectivity index (χ1) is 7.65. The smallest absolute Gasteiger partial charge is 0.0590 e. The van der Waals surface area contributed by atoms with Crippen molar-refractivity contribution in [2.24, 2.45) is 11.3 Å². The van der Waals surface area contributed by atoms with Gasteiger partial charge < -0.3 is 14.9 Å². The summed E-state index contributed by atoms with van der Waals surface area (Å²) >= 11 is 4.37. The third kappa shape index (κ3) is 2.73. The van der Waals surface area contributed by atoms with E-state index in [0.29, 0.717) is 24.4 Å². The zero-order valence-corrected chi connectivity index (χ0v) is 10.5. The quantitative estimate of drug-likeness (QED) is 0.640. The molecule has 2 aliphatic rings. The Morgan fingerprint density at radius 1 is 1.31 bits per heavy atom. The molecule has 0 saturated heterocycles. The average Bonchev–Trinajstić information content (AvgIpc) is 2.61. The van der Waals surface area contributed by atoms with Gasteiger partial charge in [0.1, 0.15) is 0 Å². The summed E-state index contributed by atoms with van der Waals surface area (Å²) in [6, 6.07) is 0. The lowest BCUT2D eigenvalue weighted by atomic mass is 9.69. The highest BCUT2D eigenvalue weighted by molar-refractivity contribution is 7.81. The van der Waals surface area contributed by atoms with Crippen molar-refractivity contribution in [3.05, 3.63) is 0 Å². The summed E-state index contributed by atoms with van der Waals surface area (Å²) in [5.41, 5.74) is -0.0457. The van der Waals surface area contributed by atoms with Gasteiger partial charge in [0.2, 0.25) is 0 Å². The minimum Gasteiger partial charge on any atom is -0.396 e. The van der Waals surface area contributed by atoms with E-state index in [9.17, 15) is 10.2 Å². The van der Waals surface area contributed by atoms with Crippen molar-refractivity contribution in [3.63, 3.8) is 0 Å². The van der Waals surface area contributed by atoms with Crippen molar-refractivity contribution >= 4 is 12.6 Å². The molecule has 16 heavy (non-hydrogen) atoms. The molecule has 3 nitrogen and oxygen atoms in total. The normalized spacial score (nSPS) is 43.3. The van der Waals surface area contributed by atoms with Gasteiger partial charge in [-0.1, -0.05) is 6.42 Å². The van der Waals surface area contributed by atoms with Crippen LogP contribution in [0.1, 0.15) is 32.1 Å². The number of thiol groups is 1. The molecule has 0 heterocycles. The molecule has 2 saturated carbocycles. The van der Waals surface area contributed by atoms with Gasteiger partial charge in [-0.15, -0.1) is 0 Å². The Morgan fingerprint density at radius 3 is 2.56 bits per heavy atom. The van der Waals surface area contributed by atoms with Crippen LogP contribution in [0.3, 0.4) is 0 Å². The molecule has 2 N–H and O–H groups in total. The molecule has 0 aromatic heterocycles. The third-order valence-electron chi connectivity index (χ3n) is 4.03. The van der Waals surface area contributed by atoms with Crippen LogP contribution in [0.15, 0.2) is 0 Å².